The SMILES string of the molecule is COC(=O)C(O)CNS(=O)(=O)c1ccc(F)c(C(=O)O)c1. The van der Waals surface area contributed by atoms with Crippen LogP contribution in [0.4, 0.5) is 4.39 Å². The number of rotatable bonds is 6. The lowest BCUT2D eigenvalue weighted by Crippen LogP contribution is -2.37. The summed E-state index contributed by atoms with van der Waals surface area (Å²) in [6, 6.07) is 2.17. The molecule has 0 heterocycles. The van der Waals surface area contributed by atoms with Crippen LogP contribution in [0.2, 0.25) is 0 Å². The van der Waals surface area contributed by atoms with Gasteiger partial charge in [-0.2, -0.15) is 0 Å². The number of nitrogens with one attached hydrogen (secondary N) is 1. The van der Waals surface area contributed by atoms with Gasteiger partial charge < -0.3 is 14.9 Å². The second kappa shape index (κ2) is 6.61. The van der Waals surface area contributed by atoms with Crippen molar-refractivity contribution in [1.82, 2.24) is 4.72 Å². The van der Waals surface area contributed by atoms with Gasteiger partial charge in [0, 0.05) is 6.54 Å². The first-order valence-corrected chi connectivity index (χ1v) is 6.95. The van der Waals surface area contributed by atoms with Crippen molar-refractivity contribution in [3.05, 3.63) is 29.6 Å². The number of esters is 1. The molecule has 116 valence electrons. The second-order valence-corrected chi connectivity index (χ2v) is 5.60. The Bertz CT molecular complexity index is 659. The van der Waals surface area contributed by atoms with E-state index in [1.54, 1.807) is 0 Å². The summed E-state index contributed by atoms with van der Waals surface area (Å²) in [5.74, 6) is -3.75. The molecule has 0 saturated heterocycles. The highest BCUT2D eigenvalue weighted by molar-refractivity contribution is 7.89. The largest absolute Gasteiger partial charge is 0.478 e. The smallest absolute Gasteiger partial charge is 0.338 e. The zero-order valence-electron chi connectivity index (χ0n) is 10.7. The molecule has 0 bridgehead atoms. The Morgan fingerprint density at radius 3 is 2.57 bits per heavy atom. The van der Waals surface area contributed by atoms with Gasteiger partial charge in [-0.1, -0.05) is 0 Å². The van der Waals surface area contributed by atoms with Gasteiger partial charge in [0.2, 0.25) is 10.0 Å². The number of aromatic carboxylic acids is 1. The number of methoxy groups -OCH3 is 1. The van der Waals surface area contributed by atoms with E-state index in [1.807, 2.05) is 4.72 Å². The number of aliphatic hydroxyl groups excluding tert-OH is 1. The number of halogens is 1. The van der Waals surface area contributed by atoms with E-state index in [4.69, 9.17) is 5.11 Å². The van der Waals surface area contributed by atoms with Crippen molar-refractivity contribution in [3.63, 3.8) is 0 Å². The Balaban J connectivity index is 2.96. The van der Waals surface area contributed by atoms with Gasteiger partial charge in [0.25, 0.3) is 0 Å². The second-order valence-electron chi connectivity index (χ2n) is 3.84. The van der Waals surface area contributed by atoms with Crippen LogP contribution in [0.1, 0.15) is 10.4 Å². The van der Waals surface area contributed by atoms with E-state index in [2.05, 4.69) is 4.74 Å². The first kappa shape index (κ1) is 17.0. The normalized spacial score (nSPS) is 12.7. The number of ether oxygens (including phenoxy) is 1. The predicted molar refractivity (Wildman–Crippen MR) is 66.6 cm³/mol. The van der Waals surface area contributed by atoms with Crippen molar-refractivity contribution in [3.8, 4) is 0 Å². The zero-order valence-corrected chi connectivity index (χ0v) is 11.6. The molecule has 0 spiro atoms. The molecule has 0 fully saturated rings. The standard InChI is InChI=1S/C11H12FNO7S/c1-20-11(17)9(14)5-13-21(18,19)6-2-3-8(12)7(4-6)10(15)16/h2-4,9,13-14H,5H2,1H3,(H,15,16). The number of carbonyl (C=O) groups excluding carboxylic acids is 1. The summed E-state index contributed by atoms with van der Waals surface area (Å²) in [6.45, 7) is -0.672. The molecule has 1 unspecified atom stereocenters. The van der Waals surface area contributed by atoms with Crippen molar-refractivity contribution in [2.24, 2.45) is 0 Å². The minimum Gasteiger partial charge on any atom is -0.478 e. The first-order valence-electron chi connectivity index (χ1n) is 5.47. The maximum absolute atomic E-state index is 13.2. The number of hydrogen-bond donors (Lipinski definition) is 3. The Hall–Kier alpha value is -2.04. The molecule has 3 N–H and O–H groups in total. The lowest BCUT2D eigenvalue weighted by Gasteiger charge is -2.11. The number of aliphatic hydroxyl groups is 1. The van der Waals surface area contributed by atoms with Gasteiger partial charge in [0.15, 0.2) is 6.10 Å². The summed E-state index contributed by atoms with van der Waals surface area (Å²) < 4.78 is 42.9. The molecule has 0 saturated carbocycles. The van der Waals surface area contributed by atoms with Gasteiger partial charge in [0.05, 0.1) is 17.6 Å². The number of benzene rings is 1. The van der Waals surface area contributed by atoms with Gasteiger partial charge >= 0.3 is 11.9 Å². The third-order valence-corrected chi connectivity index (χ3v) is 3.84. The van der Waals surface area contributed by atoms with E-state index >= 15 is 0 Å². The van der Waals surface area contributed by atoms with Crippen LogP contribution in [-0.4, -0.2) is 50.3 Å². The maximum Gasteiger partial charge on any atom is 0.338 e. The highest BCUT2D eigenvalue weighted by Gasteiger charge is 2.22. The number of carboxylic acid groups (broad SMARTS) is 1. The Morgan fingerprint density at radius 1 is 1.43 bits per heavy atom. The third-order valence-electron chi connectivity index (χ3n) is 2.42. The summed E-state index contributed by atoms with van der Waals surface area (Å²) in [4.78, 5) is 21.1. The molecule has 21 heavy (non-hydrogen) atoms. The Morgan fingerprint density at radius 2 is 2.05 bits per heavy atom. The Kier molecular flexibility index (Phi) is 5.35. The van der Waals surface area contributed by atoms with Crippen molar-refractivity contribution < 1.29 is 37.3 Å². The van der Waals surface area contributed by atoms with Crippen molar-refractivity contribution in [2.45, 2.75) is 11.0 Å². The van der Waals surface area contributed by atoms with Crippen LogP contribution in [0.5, 0.6) is 0 Å². The minimum absolute atomic E-state index is 0.515. The third kappa shape index (κ3) is 4.21. The molecule has 0 aromatic heterocycles. The van der Waals surface area contributed by atoms with E-state index in [-0.39, 0.29) is 0 Å². The molecule has 0 aliphatic heterocycles. The van der Waals surface area contributed by atoms with Crippen LogP contribution in [0, 0.1) is 5.82 Å². The molecule has 0 radical (unpaired) electrons. The first-order chi connectivity index (χ1) is 9.69. The fourth-order valence-corrected chi connectivity index (χ4v) is 2.39. The van der Waals surface area contributed by atoms with Crippen molar-refractivity contribution in [1.29, 1.82) is 0 Å². The molecule has 1 atom stereocenters. The molecule has 10 heteroatoms. The van der Waals surface area contributed by atoms with Crippen LogP contribution in [0.25, 0.3) is 0 Å². The van der Waals surface area contributed by atoms with Crippen LogP contribution in [0.15, 0.2) is 23.1 Å². The minimum atomic E-state index is -4.22. The maximum atomic E-state index is 13.2. The summed E-state index contributed by atoms with van der Waals surface area (Å²) >= 11 is 0. The van der Waals surface area contributed by atoms with E-state index in [0.29, 0.717) is 12.1 Å². The van der Waals surface area contributed by atoms with Crippen molar-refractivity contribution >= 4 is 22.0 Å². The molecule has 0 aliphatic rings. The van der Waals surface area contributed by atoms with Crippen LogP contribution < -0.4 is 4.72 Å². The van der Waals surface area contributed by atoms with E-state index in [9.17, 15) is 27.5 Å². The number of carbonyl (C=O) groups is 2. The number of carboxylic acids is 1. The molecule has 1 aromatic carbocycles. The van der Waals surface area contributed by atoms with Gasteiger partial charge in [-0.05, 0) is 18.2 Å². The van der Waals surface area contributed by atoms with Gasteiger partial charge in [-0.3, -0.25) is 0 Å². The average molecular weight is 321 g/mol. The van der Waals surface area contributed by atoms with Crippen molar-refractivity contribution in [2.75, 3.05) is 13.7 Å². The highest BCUT2D eigenvalue weighted by atomic mass is 32.2. The van der Waals surface area contributed by atoms with Crippen LogP contribution in [0.3, 0.4) is 0 Å². The summed E-state index contributed by atoms with van der Waals surface area (Å²) in [5.41, 5.74) is -0.814. The van der Waals surface area contributed by atoms with Gasteiger partial charge in [-0.15, -0.1) is 0 Å². The van der Waals surface area contributed by atoms with E-state index < -0.39 is 50.9 Å². The predicted octanol–water partition coefficient (Wildman–Crippen LogP) is -0.664. The monoisotopic (exact) mass is 321 g/mol. The highest BCUT2D eigenvalue weighted by Crippen LogP contribution is 2.15. The van der Waals surface area contributed by atoms with Crippen LogP contribution in [-0.2, 0) is 19.6 Å². The summed E-state index contributed by atoms with van der Waals surface area (Å²) in [7, 11) is -3.20. The molecule has 0 aliphatic carbocycles. The average Bonchev–Trinajstić information content (AvgIpc) is 2.43. The molecular weight excluding hydrogens is 309 g/mol. The fourth-order valence-electron chi connectivity index (χ4n) is 1.33. The van der Waals surface area contributed by atoms with Gasteiger partial charge in [0.1, 0.15) is 5.82 Å². The fraction of sp³-hybridized carbons (Fsp3) is 0.273. The lowest BCUT2D eigenvalue weighted by atomic mass is 10.2. The molecule has 0 amide bonds. The number of sulfonamides is 1. The zero-order chi connectivity index (χ0) is 16.2. The molecule has 8 nitrogen and oxygen atoms in total. The van der Waals surface area contributed by atoms with E-state index in [1.165, 1.54) is 0 Å². The van der Waals surface area contributed by atoms with Crippen LogP contribution >= 0.6 is 0 Å². The lowest BCUT2D eigenvalue weighted by molar-refractivity contribution is -0.149. The molecule has 1 aromatic rings. The molecule has 1 rings (SSSR count). The Labute approximate surface area is 119 Å². The van der Waals surface area contributed by atoms with E-state index in [0.717, 1.165) is 13.2 Å². The van der Waals surface area contributed by atoms with Gasteiger partial charge in [-0.25, -0.2) is 27.1 Å². The number of hydrogen-bond acceptors (Lipinski definition) is 6. The quantitative estimate of drug-likeness (QED) is 0.593. The topological polar surface area (TPSA) is 130 Å². The molecular formula is C11H12FNO7S. The summed E-state index contributed by atoms with van der Waals surface area (Å²) in [6.07, 6.45) is -1.72. The summed E-state index contributed by atoms with van der Waals surface area (Å²) in [5, 5.41) is 18.0.